The summed E-state index contributed by atoms with van der Waals surface area (Å²) in [6, 6.07) is 0.413. The van der Waals surface area contributed by atoms with Gasteiger partial charge in [0.25, 0.3) is 0 Å². The van der Waals surface area contributed by atoms with Crippen LogP contribution in [-0.2, 0) is 0 Å². The summed E-state index contributed by atoms with van der Waals surface area (Å²) >= 11 is 0. The topological polar surface area (TPSA) is 23.5 Å². The lowest BCUT2D eigenvalue weighted by atomic mass is 9.76. The van der Waals surface area contributed by atoms with Gasteiger partial charge in [0.05, 0.1) is 6.10 Å². The molecule has 0 spiro atoms. The van der Waals surface area contributed by atoms with E-state index >= 15 is 0 Å². The maximum absolute atomic E-state index is 10.4. The van der Waals surface area contributed by atoms with Crippen LogP contribution in [0, 0.1) is 23.7 Å². The molecule has 1 aliphatic carbocycles. The number of hydrogen-bond donors (Lipinski definition) is 1. The molecular formula is C15H29NO. The molecule has 0 aromatic rings. The third kappa shape index (κ3) is 3.03. The first-order valence-corrected chi connectivity index (χ1v) is 7.39. The molecule has 17 heavy (non-hydrogen) atoms. The maximum atomic E-state index is 10.4. The predicted molar refractivity (Wildman–Crippen MR) is 71.9 cm³/mol. The lowest BCUT2D eigenvalue weighted by Gasteiger charge is -2.47. The van der Waals surface area contributed by atoms with Crippen molar-refractivity contribution in [2.45, 2.75) is 59.1 Å². The molecule has 2 nitrogen and oxygen atoms in total. The summed E-state index contributed by atoms with van der Waals surface area (Å²) in [6.45, 7) is 11.7. The van der Waals surface area contributed by atoms with Gasteiger partial charge in [0, 0.05) is 19.1 Å². The minimum atomic E-state index is -0.105. The van der Waals surface area contributed by atoms with E-state index in [9.17, 15) is 5.11 Å². The number of likely N-dealkylation sites (tertiary alicyclic amines) is 1. The fourth-order valence-corrected chi connectivity index (χ4v) is 4.36. The molecule has 2 fully saturated rings. The Balaban J connectivity index is 2.04. The summed E-state index contributed by atoms with van der Waals surface area (Å²) in [5, 5.41) is 10.4. The quantitative estimate of drug-likeness (QED) is 0.760. The lowest BCUT2D eigenvalue weighted by Crippen LogP contribution is -2.55. The number of rotatable bonds is 1. The molecule has 2 aliphatic rings. The Morgan fingerprint density at radius 2 is 1.41 bits per heavy atom. The van der Waals surface area contributed by atoms with Gasteiger partial charge in [-0.3, -0.25) is 4.90 Å². The van der Waals surface area contributed by atoms with Gasteiger partial charge in [0.1, 0.15) is 0 Å². The minimum Gasteiger partial charge on any atom is -0.391 e. The van der Waals surface area contributed by atoms with Crippen molar-refractivity contribution < 1.29 is 5.11 Å². The average molecular weight is 239 g/mol. The van der Waals surface area contributed by atoms with Crippen LogP contribution in [0.3, 0.4) is 0 Å². The van der Waals surface area contributed by atoms with Crippen LogP contribution in [-0.4, -0.2) is 35.2 Å². The van der Waals surface area contributed by atoms with E-state index in [1.807, 2.05) is 0 Å². The molecule has 1 heterocycles. The summed E-state index contributed by atoms with van der Waals surface area (Å²) in [5.41, 5.74) is 0. The Morgan fingerprint density at radius 3 is 1.94 bits per heavy atom. The van der Waals surface area contributed by atoms with Gasteiger partial charge in [-0.2, -0.15) is 0 Å². The minimum absolute atomic E-state index is 0.105. The van der Waals surface area contributed by atoms with Crippen LogP contribution < -0.4 is 0 Å². The van der Waals surface area contributed by atoms with Crippen LogP contribution in [0.25, 0.3) is 0 Å². The fraction of sp³-hybridized carbons (Fsp3) is 1.00. The van der Waals surface area contributed by atoms with Crippen molar-refractivity contribution in [3.8, 4) is 0 Å². The summed E-state index contributed by atoms with van der Waals surface area (Å²) in [6.07, 6.45) is 3.52. The van der Waals surface area contributed by atoms with E-state index in [-0.39, 0.29) is 6.10 Å². The van der Waals surface area contributed by atoms with Gasteiger partial charge < -0.3 is 5.11 Å². The first-order chi connectivity index (χ1) is 7.97. The molecule has 100 valence electrons. The summed E-state index contributed by atoms with van der Waals surface area (Å²) in [7, 11) is 0. The molecule has 0 aromatic heterocycles. The molecule has 0 bridgehead atoms. The van der Waals surface area contributed by atoms with Crippen molar-refractivity contribution in [3.05, 3.63) is 0 Å². The van der Waals surface area contributed by atoms with Crippen molar-refractivity contribution in [1.29, 1.82) is 0 Å². The third-order valence-corrected chi connectivity index (χ3v) is 4.71. The second kappa shape index (κ2) is 5.27. The molecule has 0 radical (unpaired) electrons. The number of aliphatic hydroxyl groups excluding tert-OH is 1. The van der Waals surface area contributed by atoms with Crippen molar-refractivity contribution in [2.75, 3.05) is 13.1 Å². The Labute approximate surface area is 106 Å². The number of nitrogens with zero attached hydrogens (tertiary/aromatic N) is 1. The largest absolute Gasteiger partial charge is 0.391 e. The fourth-order valence-electron chi connectivity index (χ4n) is 4.36. The molecule has 6 atom stereocenters. The average Bonchev–Trinajstić information content (AvgIpc) is 2.13. The normalized spacial score (nSPS) is 49.2. The molecule has 6 unspecified atom stereocenters. The van der Waals surface area contributed by atoms with Crippen molar-refractivity contribution in [1.82, 2.24) is 4.90 Å². The first kappa shape index (κ1) is 13.4. The van der Waals surface area contributed by atoms with Gasteiger partial charge in [0.2, 0.25) is 0 Å². The highest BCUT2D eigenvalue weighted by atomic mass is 16.3. The Hall–Kier alpha value is -0.0800. The maximum Gasteiger partial charge on any atom is 0.0700 e. The molecule has 1 aliphatic heterocycles. The second-order valence-electron chi connectivity index (χ2n) is 7.01. The van der Waals surface area contributed by atoms with Gasteiger partial charge in [-0.25, -0.2) is 0 Å². The zero-order valence-electron chi connectivity index (χ0n) is 11.9. The monoisotopic (exact) mass is 239 g/mol. The molecule has 0 aromatic carbocycles. The molecule has 1 N–H and O–H groups in total. The second-order valence-corrected chi connectivity index (χ2v) is 7.01. The highest BCUT2D eigenvalue weighted by Gasteiger charge is 2.38. The van der Waals surface area contributed by atoms with Crippen LogP contribution in [0.15, 0.2) is 0 Å². The summed E-state index contributed by atoms with van der Waals surface area (Å²) < 4.78 is 0. The zero-order valence-corrected chi connectivity index (χ0v) is 11.9. The van der Waals surface area contributed by atoms with E-state index in [1.54, 1.807) is 0 Å². The standard InChI is InChI=1S/C15H29NO/c1-10-6-13(4)15(14(17)7-10)16-8-11(2)5-12(3)9-16/h10-15,17H,5-9H2,1-4H3. The van der Waals surface area contributed by atoms with E-state index < -0.39 is 0 Å². The van der Waals surface area contributed by atoms with Crippen LogP contribution in [0.5, 0.6) is 0 Å². The van der Waals surface area contributed by atoms with E-state index in [4.69, 9.17) is 0 Å². The van der Waals surface area contributed by atoms with Crippen molar-refractivity contribution in [2.24, 2.45) is 23.7 Å². The predicted octanol–water partition coefficient (Wildman–Crippen LogP) is 2.76. The van der Waals surface area contributed by atoms with E-state index in [0.29, 0.717) is 17.9 Å². The zero-order chi connectivity index (χ0) is 12.6. The van der Waals surface area contributed by atoms with Gasteiger partial charge in [-0.15, -0.1) is 0 Å². The Bertz CT molecular complexity index is 233. The molecular weight excluding hydrogens is 210 g/mol. The van der Waals surface area contributed by atoms with Crippen LogP contribution in [0.2, 0.25) is 0 Å². The molecule has 2 heteroatoms. The van der Waals surface area contributed by atoms with E-state index in [1.165, 1.54) is 25.9 Å². The van der Waals surface area contributed by atoms with Crippen LogP contribution in [0.1, 0.15) is 47.0 Å². The molecule has 0 amide bonds. The number of hydrogen-bond acceptors (Lipinski definition) is 2. The first-order valence-electron chi connectivity index (χ1n) is 7.39. The number of aliphatic hydroxyl groups is 1. The van der Waals surface area contributed by atoms with Gasteiger partial charge in [-0.05, 0) is 42.9 Å². The summed E-state index contributed by atoms with van der Waals surface area (Å²) in [4.78, 5) is 2.58. The highest BCUT2D eigenvalue weighted by molar-refractivity contribution is 4.92. The van der Waals surface area contributed by atoms with Crippen LogP contribution >= 0.6 is 0 Å². The molecule has 1 saturated carbocycles. The Kier molecular flexibility index (Phi) is 4.14. The smallest absolute Gasteiger partial charge is 0.0700 e. The third-order valence-electron chi connectivity index (χ3n) is 4.71. The SMILES string of the molecule is CC1CC(C)C(N2CC(C)CC(C)C2)C(O)C1. The lowest BCUT2D eigenvalue weighted by molar-refractivity contribution is -0.0462. The highest BCUT2D eigenvalue weighted by Crippen LogP contribution is 2.35. The van der Waals surface area contributed by atoms with E-state index in [0.717, 1.165) is 18.3 Å². The van der Waals surface area contributed by atoms with Crippen molar-refractivity contribution in [3.63, 3.8) is 0 Å². The molecule has 1 saturated heterocycles. The summed E-state index contributed by atoms with van der Waals surface area (Å²) in [5.74, 6) is 2.91. The van der Waals surface area contributed by atoms with E-state index in [2.05, 4.69) is 32.6 Å². The van der Waals surface area contributed by atoms with Gasteiger partial charge in [-0.1, -0.05) is 27.7 Å². The Morgan fingerprint density at radius 1 is 0.824 bits per heavy atom. The van der Waals surface area contributed by atoms with Gasteiger partial charge >= 0.3 is 0 Å². The van der Waals surface area contributed by atoms with Crippen LogP contribution in [0.4, 0.5) is 0 Å². The molecule has 2 rings (SSSR count). The van der Waals surface area contributed by atoms with Gasteiger partial charge in [0.15, 0.2) is 0 Å². The number of piperidine rings is 1. The van der Waals surface area contributed by atoms with Crippen molar-refractivity contribution >= 4 is 0 Å².